The summed E-state index contributed by atoms with van der Waals surface area (Å²) in [6.07, 6.45) is -36.9. The lowest BCUT2D eigenvalue weighted by molar-refractivity contribution is -0.411. The van der Waals surface area contributed by atoms with Gasteiger partial charge in [0.25, 0.3) is 0 Å². The summed E-state index contributed by atoms with van der Waals surface area (Å²) >= 11 is 0. The van der Waals surface area contributed by atoms with Crippen LogP contribution in [0.2, 0.25) is 0 Å². The van der Waals surface area contributed by atoms with Gasteiger partial charge >= 0.3 is 5.97 Å². The van der Waals surface area contributed by atoms with Crippen molar-refractivity contribution in [1.82, 2.24) is 0 Å². The average Bonchev–Trinajstić information content (AvgIpc) is 0.719. The number of fused-ring (bicyclic) bond motifs is 7. The first-order chi connectivity index (χ1) is 41.3. The summed E-state index contributed by atoms with van der Waals surface area (Å²) in [5, 5.41) is 183. The van der Waals surface area contributed by atoms with Crippen LogP contribution >= 0.6 is 0 Å². The molecular weight excluding hydrogens is 1170 g/mol. The van der Waals surface area contributed by atoms with Crippen LogP contribution in [-0.4, -0.2) is 285 Å². The molecule has 506 valence electrons. The first kappa shape index (κ1) is 69.0. The number of carbonyl (C=O) groups is 1. The molecule has 28 heteroatoms. The number of esters is 1. The van der Waals surface area contributed by atoms with Crippen LogP contribution in [-0.2, 0) is 52.2 Å². The standard InChI is InChI=1S/C60H98O28/c1-55(2)14-16-60(54(78)88-51-45(77)41(73)36(68)28(21-63)81-51)17-15-58(6)24(25(60)18-55)8-9-32-57(5)12-11-33(56(3,4)31(57)10-13-59(32,58)7)84-53-48(46(38(70)30(23-65)83-53)85-49-43(75)39(71)34(66)26(19-61)79-49)87-52-47(42(74)37(69)29(22-64)82-52)86-50-44(76)40(72)35(67)27(20-62)80-50/h8,25-53,61-77H,9-23H2,1-7H3. The Labute approximate surface area is 510 Å². The van der Waals surface area contributed by atoms with Gasteiger partial charge in [-0.25, -0.2) is 0 Å². The summed E-state index contributed by atoms with van der Waals surface area (Å²) in [6, 6.07) is 0. The fourth-order valence-electron chi connectivity index (χ4n) is 18.0. The van der Waals surface area contributed by atoms with Crippen LogP contribution in [0.4, 0.5) is 0 Å². The second-order valence-corrected chi connectivity index (χ2v) is 29.1. The Bertz CT molecular complexity index is 2430. The van der Waals surface area contributed by atoms with Crippen molar-refractivity contribution in [1.29, 1.82) is 0 Å². The molecule has 0 spiro atoms. The summed E-state index contributed by atoms with van der Waals surface area (Å²) in [4.78, 5) is 14.9. The van der Waals surface area contributed by atoms with Gasteiger partial charge in [0.15, 0.2) is 25.2 Å². The van der Waals surface area contributed by atoms with Crippen LogP contribution in [0.5, 0.6) is 0 Å². The Balaban J connectivity index is 0.953. The van der Waals surface area contributed by atoms with Gasteiger partial charge in [-0.15, -0.1) is 0 Å². The van der Waals surface area contributed by atoms with Crippen LogP contribution in [0.15, 0.2) is 11.6 Å². The van der Waals surface area contributed by atoms with Crippen molar-refractivity contribution in [2.45, 2.75) is 272 Å². The van der Waals surface area contributed by atoms with Crippen molar-refractivity contribution in [3.8, 4) is 0 Å². The molecule has 4 saturated carbocycles. The third-order valence-electron chi connectivity index (χ3n) is 23.5. The first-order valence-electron chi connectivity index (χ1n) is 31.3. The molecule has 0 aromatic heterocycles. The molecule has 5 saturated heterocycles. The molecule has 5 aliphatic carbocycles. The van der Waals surface area contributed by atoms with Crippen molar-refractivity contribution >= 4 is 5.97 Å². The Hall–Kier alpha value is -1.83. The molecule has 0 aromatic carbocycles. The number of ether oxygens (including phenoxy) is 10. The highest BCUT2D eigenvalue weighted by Crippen LogP contribution is 2.76. The van der Waals surface area contributed by atoms with E-state index in [9.17, 15) is 91.6 Å². The van der Waals surface area contributed by atoms with Crippen LogP contribution in [0.1, 0.15) is 113 Å². The number of hydrogen-bond acceptors (Lipinski definition) is 28. The van der Waals surface area contributed by atoms with Gasteiger partial charge in [0.05, 0.1) is 44.6 Å². The highest BCUT2D eigenvalue weighted by atomic mass is 16.8. The molecule has 5 aliphatic heterocycles. The fourth-order valence-corrected chi connectivity index (χ4v) is 18.0. The average molecular weight is 1270 g/mol. The van der Waals surface area contributed by atoms with E-state index in [4.69, 9.17) is 47.4 Å². The molecule has 0 bridgehead atoms. The minimum absolute atomic E-state index is 0.0384. The van der Waals surface area contributed by atoms with Crippen LogP contribution in [0.3, 0.4) is 0 Å². The smallest absolute Gasteiger partial charge is 0.315 e. The molecule has 0 radical (unpaired) electrons. The molecule has 10 aliphatic rings. The molecule has 5 heterocycles. The fraction of sp³-hybridized carbons (Fsp3) is 0.950. The number of aliphatic hydroxyl groups is 17. The van der Waals surface area contributed by atoms with Crippen molar-refractivity contribution in [3.63, 3.8) is 0 Å². The van der Waals surface area contributed by atoms with E-state index >= 15 is 0 Å². The number of carbonyl (C=O) groups excluding carboxylic acids is 1. The van der Waals surface area contributed by atoms with Gasteiger partial charge in [0.1, 0.15) is 122 Å². The van der Waals surface area contributed by atoms with E-state index < -0.39 is 215 Å². The summed E-state index contributed by atoms with van der Waals surface area (Å²) in [5.74, 6) is -0.727. The van der Waals surface area contributed by atoms with Crippen molar-refractivity contribution in [2.75, 3.05) is 33.0 Å². The summed E-state index contributed by atoms with van der Waals surface area (Å²) in [6.45, 7) is 11.4. The Morgan fingerprint density at radius 3 is 1.43 bits per heavy atom. The van der Waals surface area contributed by atoms with Gasteiger partial charge < -0.3 is 134 Å². The van der Waals surface area contributed by atoms with E-state index in [1.54, 1.807) is 0 Å². The van der Waals surface area contributed by atoms with E-state index in [0.29, 0.717) is 44.9 Å². The molecular formula is C60H98O28. The normalized spacial score (nSPS) is 53.5. The third-order valence-corrected chi connectivity index (χ3v) is 23.5. The third kappa shape index (κ3) is 11.5. The van der Waals surface area contributed by atoms with Crippen LogP contribution < -0.4 is 0 Å². The maximum Gasteiger partial charge on any atom is 0.315 e. The minimum atomic E-state index is -2.06. The van der Waals surface area contributed by atoms with Gasteiger partial charge in [-0.05, 0) is 109 Å². The van der Waals surface area contributed by atoms with Gasteiger partial charge in [0, 0.05) is 0 Å². The minimum Gasteiger partial charge on any atom is -0.432 e. The monoisotopic (exact) mass is 1270 g/mol. The maximum atomic E-state index is 14.9. The van der Waals surface area contributed by atoms with Gasteiger partial charge in [-0.1, -0.05) is 60.1 Å². The molecule has 0 amide bonds. The molecule has 88 heavy (non-hydrogen) atoms. The number of allylic oxidation sites excluding steroid dienone is 2. The number of aliphatic hydroxyl groups excluding tert-OH is 17. The van der Waals surface area contributed by atoms with Crippen molar-refractivity contribution in [3.05, 3.63) is 11.6 Å². The number of rotatable bonds is 15. The molecule has 17 N–H and O–H groups in total. The zero-order chi connectivity index (χ0) is 64.3. The number of hydrogen-bond donors (Lipinski definition) is 17. The lowest BCUT2D eigenvalue weighted by Crippen LogP contribution is -2.69. The largest absolute Gasteiger partial charge is 0.432 e. The second-order valence-electron chi connectivity index (χ2n) is 29.1. The van der Waals surface area contributed by atoms with E-state index in [-0.39, 0.29) is 34.0 Å². The van der Waals surface area contributed by atoms with Crippen LogP contribution in [0, 0.1) is 50.2 Å². The zero-order valence-electron chi connectivity index (χ0n) is 51.0. The second kappa shape index (κ2) is 25.7. The Morgan fingerprint density at radius 1 is 0.455 bits per heavy atom. The molecule has 33 atom stereocenters. The van der Waals surface area contributed by atoms with E-state index in [1.807, 2.05) is 0 Å². The summed E-state index contributed by atoms with van der Waals surface area (Å²) in [7, 11) is 0. The molecule has 33 unspecified atom stereocenters. The Morgan fingerprint density at radius 2 is 0.898 bits per heavy atom. The highest BCUT2D eigenvalue weighted by Gasteiger charge is 2.71. The topological polar surface area (TPSA) is 453 Å². The van der Waals surface area contributed by atoms with Crippen molar-refractivity contribution in [2.24, 2.45) is 50.2 Å². The van der Waals surface area contributed by atoms with E-state index in [0.717, 1.165) is 19.3 Å². The molecule has 10 rings (SSSR count). The van der Waals surface area contributed by atoms with Gasteiger partial charge in [0.2, 0.25) is 6.29 Å². The lowest BCUT2D eigenvalue weighted by atomic mass is 9.33. The zero-order valence-corrected chi connectivity index (χ0v) is 51.0. The highest BCUT2D eigenvalue weighted by molar-refractivity contribution is 5.79. The SMILES string of the molecule is CC1(C)CCC2(C(=O)OC3OC(CO)C(O)C(O)C3O)CCC3(C)C(=CCC4C5(C)CCC(OC6OC(CO)C(O)C(OC7OC(CO)C(O)C(O)C7O)C6OC6OC(CO)C(O)C(O)C6OC6OC(CO)C(O)C(O)C6O)C(C)(C)C5CCC43C)C2C1. The predicted molar refractivity (Wildman–Crippen MR) is 295 cm³/mol. The van der Waals surface area contributed by atoms with E-state index in [2.05, 4.69) is 54.5 Å². The Kier molecular flexibility index (Phi) is 20.2. The first-order valence-corrected chi connectivity index (χ1v) is 31.3. The van der Waals surface area contributed by atoms with Gasteiger partial charge in [-0.2, -0.15) is 0 Å². The maximum absolute atomic E-state index is 14.9. The summed E-state index contributed by atoms with van der Waals surface area (Å²) in [5.41, 5.74) is -1.69. The predicted octanol–water partition coefficient (Wildman–Crippen LogP) is -4.21. The quantitative estimate of drug-likeness (QED) is 0.0420. The summed E-state index contributed by atoms with van der Waals surface area (Å²) < 4.78 is 61.5. The lowest BCUT2D eigenvalue weighted by Gasteiger charge is -2.71. The van der Waals surface area contributed by atoms with Crippen molar-refractivity contribution < 1.29 is 139 Å². The van der Waals surface area contributed by atoms with Crippen LogP contribution in [0.25, 0.3) is 0 Å². The molecule has 0 aromatic rings. The van der Waals surface area contributed by atoms with Gasteiger partial charge in [-0.3, -0.25) is 4.79 Å². The molecule has 28 nitrogen and oxygen atoms in total. The van der Waals surface area contributed by atoms with E-state index in [1.165, 1.54) is 5.57 Å². The molecule has 9 fully saturated rings.